The van der Waals surface area contributed by atoms with Crippen LogP contribution in [0.4, 0.5) is 0 Å². The largest absolute Gasteiger partial charge is 0.467 e. The van der Waals surface area contributed by atoms with Crippen LogP contribution in [0.2, 0.25) is 0 Å². The molecule has 0 N–H and O–H groups in total. The number of morpholine rings is 1. The second kappa shape index (κ2) is 7.92. The van der Waals surface area contributed by atoms with Crippen molar-refractivity contribution < 1.29 is 28.6 Å². The van der Waals surface area contributed by atoms with Crippen LogP contribution in [-0.2, 0) is 28.6 Å². The predicted molar refractivity (Wildman–Crippen MR) is 90.9 cm³/mol. The van der Waals surface area contributed by atoms with Crippen molar-refractivity contribution in [2.75, 3.05) is 26.7 Å². The van der Waals surface area contributed by atoms with Crippen molar-refractivity contribution in [1.82, 2.24) is 9.80 Å². The van der Waals surface area contributed by atoms with Gasteiger partial charge in [0.05, 0.1) is 13.7 Å². The molecule has 8 nitrogen and oxygen atoms in total. The van der Waals surface area contributed by atoms with Crippen LogP contribution in [0.1, 0.15) is 39.5 Å². The highest BCUT2D eigenvalue weighted by Crippen LogP contribution is 2.31. The van der Waals surface area contributed by atoms with Gasteiger partial charge in [-0.15, -0.1) is 0 Å². The molecule has 0 aromatic rings. The van der Waals surface area contributed by atoms with Gasteiger partial charge in [-0.2, -0.15) is 0 Å². The smallest absolute Gasteiger partial charge is 0.328 e. The van der Waals surface area contributed by atoms with Crippen molar-refractivity contribution in [1.29, 1.82) is 0 Å². The number of ether oxygens (including phenoxy) is 3. The third-order valence-electron chi connectivity index (χ3n) is 5.20. The van der Waals surface area contributed by atoms with Crippen LogP contribution in [0, 0.1) is 5.92 Å². The summed E-state index contributed by atoms with van der Waals surface area (Å²) in [6, 6.07) is -0.686. The van der Waals surface area contributed by atoms with Crippen molar-refractivity contribution in [2.24, 2.45) is 5.92 Å². The number of hydrogen-bond acceptors (Lipinski definition) is 6. The van der Waals surface area contributed by atoms with Crippen LogP contribution < -0.4 is 0 Å². The molecular weight excluding hydrogens is 340 g/mol. The van der Waals surface area contributed by atoms with E-state index in [9.17, 15) is 14.4 Å². The average Bonchev–Trinajstić information content (AvgIpc) is 3.01. The van der Waals surface area contributed by atoms with E-state index in [0.717, 1.165) is 19.3 Å². The standard InChI is InChI=1S/C18H28N2O6/c1-11(2)9-12(18(23)24-3)20-10-13-25-14(15(26-13)17(20)22)16(21)19-7-5-4-6-8-19/h11-15H,4-10H2,1-3H3/t12-,13-,14-,15-/m0/s1. The first kappa shape index (κ1) is 19.1. The second-order valence-corrected chi connectivity index (χ2v) is 7.59. The van der Waals surface area contributed by atoms with Crippen molar-refractivity contribution in [3.8, 4) is 0 Å². The minimum Gasteiger partial charge on any atom is -0.467 e. The van der Waals surface area contributed by atoms with Crippen LogP contribution >= 0.6 is 0 Å². The lowest BCUT2D eigenvalue weighted by Gasteiger charge is -2.36. The van der Waals surface area contributed by atoms with Crippen molar-refractivity contribution in [3.05, 3.63) is 0 Å². The molecule has 4 atom stereocenters. The average molecular weight is 368 g/mol. The molecule has 3 aliphatic rings. The molecule has 3 saturated heterocycles. The zero-order valence-electron chi connectivity index (χ0n) is 15.7. The minimum absolute atomic E-state index is 0.131. The van der Waals surface area contributed by atoms with Crippen molar-refractivity contribution in [2.45, 2.75) is 64.1 Å². The molecule has 0 spiro atoms. The molecule has 0 radical (unpaired) electrons. The number of fused-ring (bicyclic) bond motifs is 2. The van der Waals surface area contributed by atoms with E-state index in [1.807, 2.05) is 13.8 Å². The van der Waals surface area contributed by atoms with Crippen LogP contribution in [0.25, 0.3) is 0 Å². The Bertz CT molecular complexity index is 560. The van der Waals surface area contributed by atoms with Crippen LogP contribution in [0.15, 0.2) is 0 Å². The van der Waals surface area contributed by atoms with E-state index in [2.05, 4.69) is 0 Å². The minimum atomic E-state index is -0.984. The molecule has 3 fully saturated rings. The maximum atomic E-state index is 13.0. The van der Waals surface area contributed by atoms with Crippen molar-refractivity contribution >= 4 is 17.8 Å². The van der Waals surface area contributed by atoms with E-state index in [1.54, 1.807) is 4.90 Å². The number of likely N-dealkylation sites (tertiary alicyclic amines) is 1. The number of methoxy groups -OCH3 is 1. The van der Waals surface area contributed by atoms with Gasteiger partial charge in [0.2, 0.25) is 0 Å². The van der Waals surface area contributed by atoms with Gasteiger partial charge < -0.3 is 24.0 Å². The van der Waals surface area contributed by atoms with Gasteiger partial charge in [-0.05, 0) is 31.6 Å². The summed E-state index contributed by atoms with van der Waals surface area (Å²) in [4.78, 5) is 41.2. The SMILES string of the molecule is COC(=O)[C@H](CC(C)C)N1C[C@H]2O[C@H](C(=O)N3CCCCC3)[C@H](O2)C1=O. The van der Waals surface area contributed by atoms with Crippen molar-refractivity contribution in [3.63, 3.8) is 0 Å². The zero-order chi connectivity index (χ0) is 18.8. The number of esters is 1. The van der Waals surface area contributed by atoms with Gasteiger partial charge in [0.1, 0.15) is 6.04 Å². The van der Waals surface area contributed by atoms with E-state index in [-0.39, 0.29) is 24.3 Å². The first-order valence-corrected chi connectivity index (χ1v) is 9.40. The summed E-state index contributed by atoms with van der Waals surface area (Å²) in [6.45, 7) is 5.47. The van der Waals surface area contributed by atoms with E-state index in [4.69, 9.17) is 14.2 Å². The molecule has 0 aliphatic carbocycles. The lowest BCUT2D eigenvalue weighted by atomic mass is 10.0. The Labute approximate surface area is 153 Å². The highest BCUT2D eigenvalue weighted by molar-refractivity contribution is 5.94. The molecule has 26 heavy (non-hydrogen) atoms. The van der Waals surface area contributed by atoms with Gasteiger partial charge in [0, 0.05) is 13.1 Å². The summed E-state index contributed by atoms with van der Waals surface area (Å²) in [6.07, 6.45) is 0.938. The molecule has 3 heterocycles. The van der Waals surface area contributed by atoms with E-state index in [1.165, 1.54) is 12.0 Å². The Morgan fingerprint density at radius 1 is 1.19 bits per heavy atom. The third kappa shape index (κ3) is 3.71. The number of nitrogens with zero attached hydrogens (tertiary/aromatic N) is 2. The zero-order valence-corrected chi connectivity index (χ0v) is 15.7. The Morgan fingerprint density at radius 2 is 1.88 bits per heavy atom. The summed E-state index contributed by atoms with van der Waals surface area (Å²) >= 11 is 0. The Hall–Kier alpha value is -1.67. The number of piperidine rings is 1. The highest BCUT2D eigenvalue weighted by atomic mass is 16.7. The lowest BCUT2D eigenvalue weighted by Crippen LogP contribution is -2.57. The first-order valence-electron chi connectivity index (χ1n) is 9.40. The van der Waals surface area contributed by atoms with Gasteiger partial charge in [0.25, 0.3) is 11.8 Å². The van der Waals surface area contributed by atoms with Crippen LogP contribution in [-0.4, -0.2) is 78.9 Å². The van der Waals surface area contributed by atoms with Crippen LogP contribution in [0.5, 0.6) is 0 Å². The van der Waals surface area contributed by atoms with Crippen LogP contribution in [0.3, 0.4) is 0 Å². The third-order valence-corrected chi connectivity index (χ3v) is 5.20. The van der Waals surface area contributed by atoms with E-state index < -0.39 is 30.5 Å². The molecule has 2 amide bonds. The molecule has 2 bridgehead atoms. The molecule has 146 valence electrons. The topological polar surface area (TPSA) is 85.4 Å². The molecule has 0 aromatic heterocycles. The summed E-state index contributed by atoms with van der Waals surface area (Å²) in [7, 11) is 1.31. The lowest BCUT2D eigenvalue weighted by molar-refractivity contribution is -0.174. The first-order chi connectivity index (χ1) is 12.4. The van der Waals surface area contributed by atoms with Gasteiger partial charge in [-0.1, -0.05) is 13.8 Å². The van der Waals surface area contributed by atoms with Gasteiger partial charge in [-0.25, -0.2) is 4.79 Å². The normalized spacial score (nSPS) is 29.8. The van der Waals surface area contributed by atoms with E-state index >= 15 is 0 Å². The molecule has 8 heteroatoms. The summed E-state index contributed by atoms with van der Waals surface area (Å²) < 4.78 is 16.2. The van der Waals surface area contributed by atoms with Gasteiger partial charge >= 0.3 is 5.97 Å². The number of amides is 2. The number of hydrogen-bond donors (Lipinski definition) is 0. The number of carbonyl (C=O) groups excluding carboxylic acids is 3. The van der Waals surface area contributed by atoms with Gasteiger partial charge in [0.15, 0.2) is 18.5 Å². The molecular formula is C18H28N2O6. The molecule has 0 saturated carbocycles. The second-order valence-electron chi connectivity index (χ2n) is 7.59. The molecule has 0 aromatic carbocycles. The van der Waals surface area contributed by atoms with Gasteiger partial charge in [-0.3, -0.25) is 9.59 Å². The number of rotatable bonds is 5. The maximum absolute atomic E-state index is 13.0. The molecule has 0 unspecified atom stereocenters. The quantitative estimate of drug-likeness (QED) is 0.659. The maximum Gasteiger partial charge on any atom is 0.328 e. The Balaban J connectivity index is 1.75. The highest BCUT2D eigenvalue weighted by Gasteiger charge is 2.54. The fourth-order valence-corrected chi connectivity index (χ4v) is 3.89. The Morgan fingerprint density at radius 3 is 2.50 bits per heavy atom. The summed E-state index contributed by atoms with van der Waals surface area (Å²) in [5, 5.41) is 0. The fourth-order valence-electron chi connectivity index (χ4n) is 3.89. The summed E-state index contributed by atoms with van der Waals surface area (Å²) in [5.41, 5.74) is 0. The monoisotopic (exact) mass is 368 g/mol. The molecule has 3 aliphatic heterocycles. The van der Waals surface area contributed by atoms with E-state index in [0.29, 0.717) is 19.5 Å². The summed E-state index contributed by atoms with van der Waals surface area (Å²) in [5.74, 6) is -0.803. The fraction of sp³-hybridized carbons (Fsp3) is 0.833. The predicted octanol–water partition coefficient (Wildman–Crippen LogP) is 0.539. The molecule has 3 rings (SSSR count). The number of carbonyl (C=O) groups is 3. The Kier molecular flexibility index (Phi) is 5.82.